The molecule has 0 radical (unpaired) electrons. The second kappa shape index (κ2) is 8.36. The van der Waals surface area contributed by atoms with E-state index in [0.29, 0.717) is 29.2 Å². The summed E-state index contributed by atoms with van der Waals surface area (Å²) >= 11 is 9.56. The van der Waals surface area contributed by atoms with Gasteiger partial charge in [0, 0.05) is 58.7 Å². The molecule has 2 heterocycles. The summed E-state index contributed by atoms with van der Waals surface area (Å²) < 4.78 is 1.04. The molecule has 29 heavy (non-hydrogen) atoms. The molecule has 1 atom stereocenters. The van der Waals surface area contributed by atoms with Crippen molar-refractivity contribution in [1.29, 1.82) is 0 Å². The lowest BCUT2D eigenvalue weighted by atomic mass is 10.1. The van der Waals surface area contributed by atoms with Gasteiger partial charge in [0.25, 0.3) is 0 Å². The molecule has 4 rings (SSSR count). The number of hydrogen-bond acceptors (Lipinski definition) is 4. The standard InChI is InChI=1S/C21H21BrClN3O3/c22-13-1-4-15(5-2-13)25-7-9-26(10-8-25)19(27)12-17-16-11-14(23)3-6-18(16)24-20(17)21(28)29/h1-6,11,19,24,27H,7-10,12H2,(H,28,29). The Bertz CT molecular complexity index is 1030. The Hall–Kier alpha value is -2.06. The fourth-order valence-electron chi connectivity index (χ4n) is 3.86. The Kier molecular flexibility index (Phi) is 5.83. The van der Waals surface area contributed by atoms with Crippen molar-refractivity contribution in [2.75, 3.05) is 31.1 Å². The van der Waals surface area contributed by atoms with Crippen LogP contribution >= 0.6 is 27.5 Å². The van der Waals surface area contributed by atoms with Gasteiger partial charge in [-0.2, -0.15) is 0 Å². The van der Waals surface area contributed by atoms with Crippen LogP contribution in [0.15, 0.2) is 46.9 Å². The van der Waals surface area contributed by atoms with Gasteiger partial charge in [-0.05, 0) is 48.0 Å². The number of piperazine rings is 1. The topological polar surface area (TPSA) is 79.8 Å². The summed E-state index contributed by atoms with van der Waals surface area (Å²) in [7, 11) is 0. The Morgan fingerprint density at radius 1 is 1.14 bits per heavy atom. The highest BCUT2D eigenvalue weighted by Gasteiger charge is 2.26. The first-order valence-electron chi connectivity index (χ1n) is 9.38. The Morgan fingerprint density at radius 2 is 1.83 bits per heavy atom. The molecule has 8 heteroatoms. The number of aromatic carboxylic acids is 1. The predicted molar refractivity (Wildman–Crippen MR) is 118 cm³/mol. The van der Waals surface area contributed by atoms with E-state index in [9.17, 15) is 15.0 Å². The molecule has 1 aliphatic heterocycles. The van der Waals surface area contributed by atoms with E-state index in [4.69, 9.17) is 11.6 Å². The molecule has 1 aromatic heterocycles. The van der Waals surface area contributed by atoms with Gasteiger partial charge in [-0.15, -0.1) is 0 Å². The molecule has 2 aromatic carbocycles. The van der Waals surface area contributed by atoms with Crippen LogP contribution in [0.2, 0.25) is 5.02 Å². The summed E-state index contributed by atoms with van der Waals surface area (Å²) in [5.74, 6) is -1.04. The van der Waals surface area contributed by atoms with Gasteiger partial charge >= 0.3 is 5.97 Å². The van der Waals surface area contributed by atoms with E-state index in [1.165, 1.54) is 0 Å². The molecule has 6 nitrogen and oxygen atoms in total. The molecular weight excluding hydrogens is 458 g/mol. The third-order valence-corrected chi connectivity index (χ3v) is 6.16. The molecule has 3 aromatic rings. The maximum Gasteiger partial charge on any atom is 0.352 e. The van der Waals surface area contributed by atoms with Gasteiger partial charge in [0.2, 0.25) is 0 Å². The van der Waals surface area contributed by atoms with Crippen molar-refractivity contribution in [3.8, 4) is 0 Å². The van der Waals surface area contributed by atoms with E-state index >= 15 is 0 Å². The number of anilines is 1. The lowest BCUT2D eigenvalue weighted by Crippen LogP contribution is -2.51. The van der Waals surface area contributed by atoms with Crippen LogP contribution in [0.25, 0.3) is 10.9 Å². The maximum atomic E-state index is 11.7. The Labute approximate surface area is 181 Å². The number of aromatic nitrogens is 1. The number of nitrogens with zero attached hydrogens (tertiary/aromatic N) is 2. The minimum Gasteiger partial charge on any atom is -0.477 e. The summed E-state index contributed by atoms with van der Waals surface area (Å²) in [5.41, 5.74) is 2.54. The number of aliphatic hydroxyl groups is 1. The fraction of sp³-hybridized carbons (Fsp3) is 0.286. The van der Waals surface area contributed by atoms with Crippen molar-refractivity contribution < 1.29 is 15.0 Å². The lowest BCUT2D eigenvalue weighted by molar-refractivity contribution is 0.00117. The molecule has 0 saturated carbocycles. The van der Waals surface area contributed by atoms with Crippen LogP contribution in [0.4, 0.5) is 5.69 Å². The van der Waals surface area contributed by atoms with Gasteiger partial charge in [-0.1, -0.05) is 27.5 Å². The number of carboxylic acids is 1. The first-order valence-corrected chi connectivity index (χ1v) is 10.6. The zero-order chi connectivity index (χ0) is 20.5. The molecular formula is C21H21BrClN3O3. The first-order chi connectivity index (χ1) is 13.9. The Morgan fingerprint density at radius 3 is 2.48 bits per heavy atom. The maximum absolute atomic E-state index is 11.7. The SMILES string of the molecule is O=C(O)c1[nH]c2ccc(Cl)cc2c1CC(O)N1CCN(c2ccc(Br)cc2)CC1. The monoisotopic (exact) mass is 477 g/mol. The van der Waals surface area contributed by atoms with E-state index in [1.807, 2.05) is 17.0 Å². The van der Waals surface area contributed by atoms with Gasteiger partial charge in [0.05, 0.1) is 0 Å². The number of fused-ring (bicyclic) bond motifs is 1. The summed E-state index contributed by atoms with van der Waals surface area (Å²) in [5, 5.41) is 21.7. The van der Waals surface area contributed by atoms with Crippen molar-refractivity contribution in [3.63, 3.8) is 0 Å². The van der Waals surface area contributed by atoms with E-state index in [0.717, 1.165) is 28.6 Å². The number of halogens is 2. The zero-order valence-electron chi connectivity index (χ0n) is 15.6. The number of carboxylic acid groups (broad SMARTS) is 1. The summed E-state index contributed by atoms with van der Waals surface area (Å²) in [6.45, 7) is 2.99. The van der Waals surface area contributed by atoms with Gasteiger partial charge in [-0.25, -0.2) is 4.79 Å². The number of benzene rings is 2. The van der Waals surface area contributed by atoms with E-state index in [1.54, 1.807) is 18.2 Å². The molecule has 0 aliphatic carbocycles. The molecule has 0 bridgehead atoms. The van der Waals surface area contributed by atoms with Gasteiger partial charge in [0.15, 0.2) is 0 Å². The van der Waals surface area contributed by atoms with E-state index in [-0.39, 0.29) is 12.1 Å². The summed E-state index contributed by atoms with van der Waals surface area (Å²) in [6.07, 6.45) is -0.543. The van der Waals surface area contributed by atoms with Crippen LogP contribution in [0, 0.1) is 0 Å². The van der Waals surface area contributed by atoms with Crippen molar-refractivity contribution in [2.24, 2.45) is 0 Å². The number of aliphatic hydroxyl groups excluding tert-OH is 1. The van der Waals surface area contributed by atoms with Crippen LogP contribution in [-0.2, 0) is 6.42 Å². The summed E-state index contributed by atoms with van der Waals surface area (Å²) in [4.78, 5) is 18.9. The number of hydrogen-bond donors (Lipinski definition) is 3. The van der Waals surface area contributed by atoms with Gasteiger partial charge in [-0.3, -0.25) is 4.90 Å². The average Bonchev–Trinajstić information content (AvgIpc) is 3.06. The number of nitrogens with one attached hydrogen (secondary N) is 1. The van der Waals surface area contributed by atoms with Crippen LogP contribution in [0.3, 0.4) is 0 Å². The van der Waals surface area contributed by atoms with Crippen LogP contribution in [-0.4, -0.2) is 58.5 Å². The number of rotatable bonds is 5. The minimum atomic E-state index is -1.04. The largest absolute Gasteiger partial charge is 0.477 e. The van der Waals surface area contributed by atoms with Gasteiger partial charge in [0.1, 0.15) is 11.9 Å². The number of aromatic amines is 1. The second-order valence-electron chi connectivity index (χ2n) is 7.16. The molecule has 1 unspecified atom stereocenters. The molecule has 0 amide bonds. The van der Waals surface area contributed by atoms with Crippen molar-refractivity contribution in [2.45, 2.75) is 12.6 Å². The Balaban J connectivity index is 1.48. The number of carbonyl (C=O) groups is 1. The highest BCUT2D eigenvalue weighted by Crippen LogP contribution is 2.28. The average molecular weight is 479 g/mol. The normalized spacial score (nSPS) is 16.3. The van der Waals surface area contributed by atoms with E-state index in [2.05, 4.69) is 37.9 Å². The van der Waals surface area contributed by atoms with Crippen LogP contribution in [0.1, 0.15) is 16.1 Å². The first kappa shape index (κ1) is 20.2. The van der Waals surface area contributed by atoms with Crippen molar-refractivity contribution >= 4 is 50.1 Å². The molecule has 0 spiro atoms. The van der Waals surface area contributed by atoms with E-state index < -0.39 is 12.2 Å². The molecule has 1 fully saturated rings. The number of H-pyrrole nitrogens is 1. The van der Waals surface area contributed by atoms with Crippen LogP contribution in [0.5, 0.6) is 0 Å². The smallest absolute Gasteiger partial charge is 0.352 e. The fourth-order valence-corrected chi connectivity index (χ4v) is 4.29. The lowest BCUT2D eigenvalue weighted by Gasteiger charge is -2.38. The highest BCUT2D eigenvalue weighted by molar-refractivity contribution is 9.10. The molecule has 1 saturated heterocycles. The third kappa shape index (κ3) is 4.28. The summed E-state index contributed by atoms with van der Waals surface area (Å²) in [6, 6.07) is 13.4. The van der Waals surface area contributed by atoms with Crippen molar-refractivity contribution in [3.05, 3.63) is 63.2 Å². The highest BCUT2D eigenvalue weighted by atomic mass is 79.9. The molecule has 152 valence electrons. The predicted octanol–water partition coefficient (Wildman–Crippen LogP) is 3.97. The second-order valence-corrected chi connectivity index (χ2v) is 8.51. The molecule has 1 aliphatic rings. The zero-order valence-corrected chi connectivity index (χ0v) is 17.9. The molecule has 3 N–H and O–H groups in total. The quantitative estimate of drug-likeness (QED) is 0.517. The minimum absolute atomic E-state index is 0.106. The van der Waals surface area contributed by atoms with Crippen LogP contribution < -0.4 is 4.90 Å². The third-order valence-electron chi connectivity index (χ3n) is 5.40. The van der Waals surface area contributed by atoms with Crippen molar-refractivity contribution in [1.82, 2.24) is 9.88 Å². The van der Waals surface area contributed by atoms with Gasteiger partial charge < -0.3 is 20.1 Å².